The molecule has 0 aliphatic rings. The average Bonchev–Trinajstić information content (AvgIpc) is 2.54. The standard InChI is InChI=1S/C15H13Cl2N3O4/c16-10-8-11(17)15(18-9-10)19-14(21)6-3-7-24-13-5-2-1-4-12(13)20(22)23/h1-2,4-5,8-9H,3,6-7H2,(H,18,19,21). The normalized spacial score (nSPS) is 10.2. The van der Waals surface area contributed by atoms with Gasteiger partial charge in [0.2, 0.25) is 5.91 Å². The Kier molecular flexibility index (Phi) is 6.34. The lowest BCUT2D eigenvalue weighted by Crippen LogP contribution is -2.14. The fraction of sp³-hybridized carbons (Fsp3) is 0.200. The van der Waals surface area contributed by atoms with Crippen LogP contribution in [0.3, 0.4) is 0 Å². The number of para-hydroxylation sites is 2. The van der Waals surface area contributed by atoms with Crippen LogP contribution in [0.1, 0.15) is 12.8 Å². The van der Waals surface area contributed by atoms with E-state index in [1.807, 2.05) is 0 Å². The van der Waals surface area contributed by atoms with Crippen molar-refractivity contribution in [3.8, 4) is 5.75 Å². The molecule has 7 nitrogen and oxygen atoms in total. The van der Waals surface area contributed by atoms with E-state index in [1.165, 1.54) is 24.4 Å². The zero-order valence-electron chi connectivity index (χ0n) is 12.4. The van der Waals surface area contributed by atoms with E-state index in [0.29, 0.717) is 11.4 Å². The van der Waals surface area contributed by atoms with Crippen LogP contribution in [-0.2, 0) is 4.79 Å². The van der Waals surface area contributed by atoms with Crippen LogP contribution in [0.4, 0.5) is 11.5 Å². The van der Waals surface area contributed by atoms with Crippen molar-refractivity contribution < 1.29 is 14.5 Å². The smallest absolute Gasteiger partial charge is 0.310 e. The zero-order chi connectivity index (χ0) is 17.5. The number of benzene rings is 1. The van der Waals surface area contributed by atoms with Crippen molar-refractivity contribution in [3.63, 3.8) is 0 Å². The van der Waals surface area contributed by atoms with Gasteiger partial charge in [0.1, 0.15) is 0 Å². The molecule has 1 aromatic heterocycles. The van der Waals surface area contributed by atoms with E-state index in [4.69, 9.17) is 27.9 Å². The fourth-order valence-electron chi connectivity index (χ4n) is 1.85. The van der Waals surface area contributed by atoms with Gasteiger partial charge in [0.15, 0.2) is 11.6 Å². The Bertz CT molecular complexity index is 755. The molecule has 126 valence electrons. The van der Waals surface area contributed by atoms with E-state index in [1.54, 1.807) is 12.1 Å². The third-order valence-corrected chi connectivity index (χ3v) is 3.43. The van der Waals surface area contributed by atoms with Crippen molar-refractivity contribution in [3.05, 3.63) is 56.7 Å². The van der Waals surface area contributed by atoms with E-state index in [-0.39, 0.29) is 41.2 Å². The molecule has 0 bridgehead atoms. The van der Waals surface area contributed by atoms with Crippen LogP contribution in [-0.4, -0.2) is 22.4 Å². The molecule has 1 aromatic carbocycles. The second kappa shape index (κ2) is 8.47. The Morgan fingerprint density at radius 2 is 2.08 bits per heavy atom. The summed E-state index contributed by atoms with van der Waals surface area (Å²) in [5, 5.41) is 14.0. The summed E-state index contributed by atoms with van der Waals surface area (Å²) in [4.78, 5) is 26.1. The molecule has 0 saturated heterocycles. The number of anilines is 1. The lowest BCUT2D eigenvalue weighted by molar-refractivity contribution is -0.385. The Morgan fingerprint density at radius 3 is 2.79 bits per heavy atom. The zero-order valence-corrected chi connectivity index (χ0v) is 13.9. The number of amides is 1. The molecule has 0 fully saturated rings. The number of pyridine rings is 1. The number of halogens is 2. The third kappa shape index (κ3) is 5.07. The first-order chi connectivity index (χ1) is 11.5. The van der Waals surface area contributed by atoms with Gasteiger partial charge in [-0.05, 0) is 18.6 Å². The molecule has 24 heavy (non-hydrogen) atoms. The first kappa shape index (κ1) is 18.0. The molecule has 0 unspecified atom stereocenters. The molecule has 0 atom stereocenters. The average molecular weight is 370 g/mol. The number of nitrogens with zero attached hydrogens (tertiary/aromatic N) is 2. The van der Waals surface area contributed by atoms with Gasteiger partial charge in [-0.25, -0.2) is 4.98 Å². The number of nitro groups is 1. The largest absolute Gasteiger partial charge is 0.487 e. The summed E-state index contributed by atoms with van der Waals surface area (Å²) in [7, 11) is 0. The van der Waals surface area contributed by atoms with Gasteiger partial charge in [-0.3, -0.25) is 14.9 Å². The number of ether oxygens (including phenoxy) is 1. The highest BCUT2D eigenvalue weighted by molar-refractivity contribution is 6.36. The van der Waals surface area contributed by atoms with Gasteiger partial charge >= 0.3 is 5.69 Å². The van der Waals surface area contributed by atoms with E-state index in [2.05, 4.69) is 10.3 Å². The maximum atomic E-state index is 11.8. The molecule has 0 spiro atoms. The van der Waals surface area contributed by atoms with Crippen molar-refractivity contribution >= 4 is 40.6 Å². The van der Waals surface area contributed by atoms with E-state index < -0.39 is 4.92 Å². The SMILES string of the molecule is O=C(CCCOc1ccccc1[N+](=O)[O-])Nc1ncc(Cl)cc1Cl. The molecule has 1 amide bonds. The van der Waals surface area contributed by atoms with Gasteiger partial charge in [0, 0.05) is 18.7 Å². The highest BCUT2D eigenvalue weighted by Crippen LogP contribution is 2.26. The van der Waals surface area contributed by atoms with Crippen molar-refractivity contribution in [2.45, 2.75) is 12.8 Å². The van der Waals surface area contributed by atoms with E-state index in [0.717, 1.165) is 0 Å². The minimum atomic E-state index is -0.518. The first-order valence-corrected chi connectivity index (χ1v) is 7.70. The highest BCUT2D eigenvalue weighted by Gasteiger charge is 2.13. The van der Waals surface area contributed by atoms with Crippen molar-refractivity contribution in [1.82, 2.24) is 4.98 Å². The molecule has 1 N–H and O–H groups in total. The number of aromatic nitrogens is 1. The van der Waals surface area contributed by atoms with Crippen LogP contribution in [0.15, 0.2) is 36.5 Å². The summed E-state index contributed by atoms with van der Waals surface area (Å²) in [5.41, 5.74) is -0.112. The Labute approximate surface area is 147 Å². The molecule has 0 saturated carbocycles. The number of hydrogen-bond donors (Lipinski definition) is 1. The summed E-state index contributed by atoms with van der Waals surface area (Å²) in [6, 6.07) is 7.54. The van der Waals surface area contributed by atoms with Gasteiger partial charge < -0.3 is 10.1 Å². The molecule has 0 aliphatic carbocycles. The Hall–Kier alpha value is -2.38. The summed E-state index contributed by atoms with van der Waals surface area (Å²) in [5.74, 6) is 0.105. The molecule has 1 heterocycles. The van der Waals surface area contributed by atoms with Gasteiger partial charge in [0.05, 0.1) is 21.6 Å². The maximum absolute atomic E-state index is 11.8. The van der Waals surface area contributed by atoms with Gasteiger partial charge in [-0.2, -0.15) is 0 Å². The molecule has 2 rings (SSSR count). The van der Waals surface area contributed by atoms with Crippen LogP contribution >= 0.6 is 23.2 Å². The number of nitrogens with one attached hydrogen (secondary N) is 1. The van der Waals surface area contributed by atoms with Crippen LogP contribution in [0.25, 0.3) is 0 Å². The van der Waals surface area contributed by atoms with E-state index in [9.17, 15) is 14.9 Å². The third-order valence-electron chi connectivity index (χ3n) is 2.93. The summed E-state index contributed by atoms with van der Waals surface area (Å²) in [6.07, 6.45) is 1.91. The minimum Gasteiger partial charge on any atom is -0.487 e. The molecule has 9 heteroatoms. The number of carbonyl (C=O) groups is 1. The van der Waals surface area contributed by atoms with Gasteiger partial charge in [-0.15, -0.1) is 0 Å². The predicted octanol–water partition coefficient (Wildman–Crippen LogP) is 4.09. The summed E-state index contributed by atoms with van der Waals surface area (Å²) < 4.78 is 5.36. The van der Waals surface area contributed by atoms with Crippen LogP contribution < -0.4 is 10.1 Å². The molecule has 2 aromatic rings. The van der Waals surface area contributed by atoms with Crippen molar-refractivity contribution in [2.75, 3.05) is 11.9 Å². The lowest BCUT2D eigenvalue weighted by atomic mass is 10.3. The first-order valence-electron chi connectivity index (χ1n) is 6.94. The molecule has 0 aliphatic heterocycles. The minimum absolute atomic E-state index is 0.112. The van der Waals surface area contributed by atoms with Gasteiger partial charge in [0.25, 0.3) is 0 Å². The Morgan fingerprint density at radius 1 is 1.33 bits per heavy atom. The van der Waals surface area contributed by atoms with Crippen molar-refractivity contribution in [1.29, 1.82) is 0 Å². The predicted molar refractivity (Wildman–Crippen MR) is 90.7 cm³/mol. The topological polar surface area (TPSA) is 94.4 Å². The quantitative estimate of drug-likeness (QED) is 0.450. The monoisotopic (exact) mass is 369 g/mol. The molecular formula is C15H13Cl2N3O4. The lowest BCUT2D eigenvalue weighted by Gasteiger charge is -2.08. The number of carbonyl (C=O) groups excluding carboxylic acids is 1. The summed E-state index contributed by atoms with van der Waals surface area (Å²) in [6.45, 7) is 0.167. The second-order valence-electron chi connectivity index (χ2n) is 4.71. The van der Waals surface area contributed by atoms with E-state index >= 15 is 0 Å². The summed E-state index contributed by atoms with van der Waals surface area (Å²) >= 11 is 11.6. The van der Waals surface area contributed by atoms with Gasteiger partial charge in [-0.1, -0.05) is 35.3 Å². The maximum Gasteiger partial charge on any atom is 0.310 e. The van der Waals surface area contributed by atoms with Crippen LogP contribution in [0.5, 0.6) is 5.75 Å². The van der Waals surface area contributed by atoms with Crippen LogP contribution in [0.2, 0.25) is 10.0 Å². The second-order valence-corrected chi connectivity index (χ2v) is 5.55. The molecule has 0 radical (unpaired) electrons. The highest BCUT2D eigenvalue weighted by atomic mass is 35.5. The van der Waals surface area contributed by atoms with Crippen LogP contribution in [0, 0.1) is 10.1 Å². The number of hydrogen-bond acceptors (Lipinski definition) is 5. The Balaban J connectivity index is 1.80. The molecular weight excluding hydrogens is 357 g/mol. The number of nitro benzene ring substituents is 1. The van der Waals surface area contributed by atoms with Crippen molar-refractivity contribution in [2.24, 2.45) is 0 Å². The fourth-order valence-corrected chi connectivity index (χ4v) is 2.27. The number of rotatable bonds is 7.